The number of hydrogen-bond donors (Lipinski definition) is 5. The van der Waals surface area contributed by atoms with Crippen LogP contribution in [-0.2, 0) is 11.2 Å². The lowest BCUT2D eigenvalue weighted by molar-refractivity contribution is -0.320. The Balaban J connectivity index is 2.14. The molecule has 4 unspecified atom stereocenters. The van der Waals surface area contributed by atoms with Gasteiger partial charge < -0.3 is 30.3 Å². The molecule has 0 bridgehead atoms. The van der Waals surface area contributed by atoms with Gasteiger partial charge in [-0.05, 0) is 17.7 Å². The van der Waals surface area contributed by atoms with Crippen LogP contribution in [0.5, 0.6) is 5.75 Å². The summed E-state index contributed by atoms with van der Waals surface area (Å²) in [6.45, 7) is -0.257. The summed E-state index contributed by atoms with van der Waals surface area (Å²) in [5.41, 5.74) is 0.623. The van der Waals surface area contributed by atoms with Crippen molar-refractivity contribution in [1.29, 1.82) is 0 Å². The number of aromatic hydroxyl groups is 1. The second-order valence-electron chi connectivity index (χ2n) is 4.50. The molecule has 4 atom stereocenters. The third-order valence-electron chi connectivity index (χ3n) is 3.08. The zero-order valence-electron chi connectivity index (χ0n) is 9.60. The highest BCUT2D eigenvalue weighted by Crippen LogP contribution is 2.28. The van der Waals surface area contributed by atoms with Crippen molar-refractivity contribution in [2.45, 2.75) is 30.5 Å². The molecule has 1 aliphatic heterocycles. The van der Waals surface area contributed by atoms with Crippen LogP contribution >= 0.6 is 0 Å². The van der Waals surface area contributed by atoms with E-state index in [9.17, 15) is 20.4 Å². The molecule has 6 heteroatoms. The van der Waals surface area contributed by atoms with E-state index in [4.69, 9.17) is 9.84 Å². The molecule has 1 fully saturated rings. The summed E-state index contributed by atoms with van der Waals surface area (Å²) in [7, 11) is 0. The Morgan fingerprint density at radius 3 is 2.39 bits per heavy atom. The average Bonchev–Trinajstić information content (AvgIpc) is 2.35. The second-order valence-corrected chi connectivity index (χ2v) is 4.50. The smallest absolute Gasteiger partial charge is 0.198 e. The molecular formula is C12H16O6. The van der Waals surface area contributed by atoms with Crippen LogP contribution < -0.4 is 0 Å². The van der Waals surface area contributed by atoms with Gasteiger partial charge in [-0.25, -0.2) is 0 Å². The van der Waals surface area contributed by atoms with Crippen molar-refractivity contribution in [1.82, 2.24) is 0 Å². The van der Waals surface area contributed by atoms with Gasteiger partial charge in [0.15, 0.2) is 5.79 Å². The molecule has 1 aromatic rings. The van der Waals surface area contributed by atoms with Gasteiger partial charge in [0.1, 0.15) is 24.1 Å². The first-order valence-corrected chi connectivity index (χ1v) is 5.61. The van der Waals surface area contributed by atoms with Gasteiger partial charge in [0.2, 0.25) is 0 Å². The van der Waals surface area contributed by atoms with Crippen molar-refractivity contribution in [3.8, 4) is 5.75 Å². The molecule has 0 saturated carbocycles. The molecule has 5 N–H and O–H groups in total. The highest BCUT2D eigenvalue weighted by molar-refractivity contribution is 5.27. The van der Waals surface area contributed by atoms with Gasteiger partial charge in [0, 0.05) is 6.42 Å². The van der Waals surface area contributed by atoms with Crippen molar-refractivity contribution in [2.24, 2.45) is 0 Å². The van der Waals surface area contributed by atoms with Gasteiger partial charge in [-0.3, -0.25) is 0 Å². The summed E-state index contributed by atoms with van der Waals surface area (Å²) in [6, 6.07) is 6.03. The first-order valence-electron chi connectivity index (χ1n) is 5.61. The number of aliphatic hydroxyl groups is 4. The molecule has 2 rings (SSSR count). The standard InChI is InChI=1S/C12H16O6/c13-8-3-1-7(2-4-8)5-12(17)11(16)10(15)9(14)6-18-12/h1-4,9-11,13-17H,5-6H2. The minimum atomic E-state index is -1.95. The Hall–Kier alpha value is -1.18. The lowest BCUT2D eigenvalue weighted by Crippen LogP contribution is -2.61. The number of benzene rings is 1. The molecule has 0 spiro atoms. The van der Waals surface area contributed by atoms with Crippen molar-refractivity contribution in [3.63, 3.8) is 0 Å². The van der Waals surface area contributed by atoms with E-state index < -0.39 is 24.1 Å². The molecule has 0 aromatic heterocycles. The monoisotopic (exact) mass is 256 g/mol. The number of phenolic OH excluding ortho intramolecular Hbond substituents is 1. The fourth-order valence-corrected chi connectivity index (χ4v) is 1.95. The van der Waals surface area contributed by atoms with Crippen LogP contribution in [0, 0.1) is 0 Å². The maximum absolute atomic E-state index is 10.1. The minimum absolute atomic E-state index is 0.0573. The van der Waals surface area contributed by atoms with E-state index in [-0.39, 0.29) is 18.8 Å². The quantitative estimate of drug-likeness (QED) is 0.451. The van der Waals surface area contributed by atoms with Crippen LogP contribution in [0.15, 0.2) is 24.3 Å². The van der Waals surface area contributed by atoms with Crippen LogP contribution in [0.2, 0.25) is 0 Å². The zero-order chi connectivity index (χ0) is 13.3. The second kappa shape index (κ2) is 4.83. The Labute approximate surface area is 104 Å². The van der Waals surface area contributed by atoms with E-state index in [0.717, 1.165) is 0 Å². The topological polar surface area (TPSA) is 110 Å². The molecule has 0 aliphatic carbocycles. The number of ether oxygens (including phenoxy) is 1. The number of aliphatic hydroxyl groups excluding tert-OH is 3. The third kappa shape index (κ3) is 2.47. The molecule has 0 radical (unpaired) electrons. The molecule has 0 amide bonds. The fourth-order valence-electron chi connectivity index (χ4n) is 1.95. The van der Waals surface area contributed by atoms with Crippen LogP contribution in [0.4, 0.5) is 0 Å². The zero-order valence-corrected chi connectivity index (χ0v) is 9.60. The van der Waals surface area contributed by atoms with Gasteiger partial charge in [-0.15, -0.1) is 0 Å². The van der Waals surface area contributed by atoms with Crippen molar-refractivity contribution < 1.29 is 30.3 Å². The Morgan fingerprint density at radius 1 is 1.17 bits per heavy atom. The summed E-state index contributed by atoms with van der Waals surface area (Å²) < 4.78 is 5.03. The van der Waals surface area contributed by atoms with Gasteiger partial charge >= 0.3 is 0 Å². The Morgan fingerprint density at radius 2 is 1.78 bits per heavy atom. The first kappa shape index (κ1) is 13.3. The maximum atomic E-state index is 10.1. The van der Waals surface area contributed by atoms with E-state index in [1.165, 1.54) is 12.1 Å². The highest BCUT2D eigenvalue weighted by atomic mass is 16.6. The Bertz CT molecular complexity index is 406. The summed E-state index contributed by atoms with van der Waals surface area (Å²) in [4.78, 5) is 0. The van der Waals surface area contributed by atoms with E-state index in [2.05, 4.69) is 0 Å². The largest absolute Gasteiger partial charge is 0.508 e. The summed E-state index contributed by atoms with van der Waals surface area (Å²) in [6.07, 6.45) is -4.34. The molecule has 18 heavy (non-hydrogen) atoms. The molecule has 1 aromatic carbocycles. The molecule has 6 nitrogen and oxygen atoms in total. The molecular weight excluding hydrogens is 240 g/mol. The van der Waals surface area contributed by atoms with E-state index in [0.29, 0.717) is 5.56 Å². The Kier molecular flexibility index (Phi) is 3.56. The summed E-state index contributed by atoms with van der Waals surface area (Å²) in [5, 5.41) is 47.9. The van der Waals surface area contributed by atoms with Crippen LogP contribution in [0.1, 0.15) is 5.56 Å². The third-order valence-corrected chi connectivity index (χ3v) is 3.08. The van der Waals surface area contributed by atoms with Gasteiger partial charge in [-0.1, -0.05) is 12.1 Å². The highest BCUT2D eigenvalue weighted by Gasteiger charge is 2.48. The van der Waals surface area contributed by atoms with E-state index in [1.54, 1.807) is 12.1 Å². The lowest BCUT2D eigenvalue weighted by atomic mass is 9.92. The summed E-state index contributed by atoms with van der Waals surface area (Å²) >= 11 is 0. The average molecular weight is 256 g/mol. The maximum Gasteiger partial charge on any atom is 0.198 e. The first-order chi connectivity index (χ1) is 8.42. The van der Waals surface area contributed by atoms with Crippen molar-refractivity contribution in [3.05, 3.63) is 29.8 Å². The SMILES string of the molecule is Oc1ccc(CC2(O)OCC(O)C(O)C2O)cc1. The lowest BCUT2D eigenvalue weighted by Gasteiger charge is -2.41. The molecule has 1 saturated heterocycles. The summed E-state index contributed by atoms with van der Waals surface area (Å²) in [5.74, 6) is -1.86. The van der Waals surface area contributed by atoms with Crippen molar-refractivity contribution in [2.75, 3.05) is 6.61 Å². The van der Waals surface area contributed by atoms with Gasteiger partial charge in [0.25, 0.3) is 0 Å². The predicted molar refractivity (Wildman–Crippen MR) is 60.7 cm³/mol. The fraction of sp³-hybridized carbons (Fsp3) is 0.500. The van der Waals surface area contributed by atoms with E-state index in [1.807, 2.05) is 0 Å². The van der Waals surface area contributed by atoms with Crippen molar-refractivity contribution >= 4 is 0 Å². The number of phenols is 1. The number of rotatable bonds is 2. The van der Waals surface area contributed by atoms with Gasteiger partial charge in [0.05, 0.1) is 6.61 Å². The molecule has 1 heterocycles. The minimum Gasteiger partial charge on any atom is -0.508 e. The number of hydrogen-bond acceptors (Lipinski definition) is 6. The van der Waals surface area contributed by atoms with E-state index >= 15 is 0 Å². The molecule has 1 aliphatic rings. The normalized spacial score (nSPS) is 36.6. The van der Waals surface area contributed by atoms with Crippen LogP contribution in [0.25, 0.3) is 0 Å². The van der Waals surface area contributed by atoms with Gasteiger partial charge in [-0.2, -0.15) is 0 Å². The van der Waals surface area contributed by atoms with Crippen LogP contribution in [-0.4, -0.2) is 56.2 Å². The molecule has 100 valence electrons. The van der Waals surface area contributed by atoms with Crippen LogP contribution in [0.3, 0.4) is 0 Å². The predicted octanol–water partition coefficient (Wildman–Crippen LogP) is -1.26.